The molecule has 0 heterocycles. The Bertz CT molecular complexity index is 772. The van der Waals surface area contributed by atoms with E-state index in [0.717, 1.165) is 22.6 Å². The lowest BCUT2D eigenvalue weighted by molar-refractivity contribution is -0.123. The van der Waals surface area contributed by atoms with Crippen molar-refractivity contribution >= 4 is 20.1 Å². The molecule has 162 valence electrons. The molecule has 9 nitrogen and oxygen atoms in total. The molecule has 0 aliphatic heterocycles. The molecule has 0 unspecified atom stereocenters. The molecule has 0 bridgehead atoms. The van der Waals surface area contributed by atoms with Crippen molar-refractivity contribution in [2.24, 2.45) is 0 Å². The third-order valence-corrected chi connectivity index (χ3v) is 4.70. The molecular formula is C20H25N2O7P. The number of benzene rings is 2. The highest BCUT2D eigenvalue weighted by Crippen LogP contribution is 2.22. The number of ether oxygens (including phenoxy) is 2. The minimum Gasteiger partial charge on any atom is -0.497 e. The number of hydrogen-bond donors (Lipinski definition) is 2. The van der Waals surface area contributed by atoms with Crippen LogP contribution in [-0.2, 0) is 36.3 Å². The van der Waals surface area contributed by atoms with Crippen LogP contribution in [0.5, 0.6) is 11.5 Å². The quantitative estimate of drug-likeness (QED) is 0.490. The van der Waals surface area contributed by atoms with Gasteiger partial charge in [0.2, 0.25) is 11.8 Å². The molecule has 2 aromatic rings. The van der Waals surface area contributed by atoms with Crippen molar-refractivity contribution in [3.63, 3.8) is 0 Å². The van der Waals surface area contributed by atoms with Crippen molar-refractivity contribution in [2.75, 3.05) is 27.4 Å². The minimum absolute atomic E-state index is 0.293. The fraction of sp³-hybridized carbons (Fsp3) is 0.300. The maximum atomic E-state index is 11.8. The van der Waals surface area contributed by atoms with Gasteiger partial charge in [0.15, 0.2) is 0 Å². The van der Waals surface area contributed by atoms with Crippen molar-refractivity contribution in [3.05, 3.63) is 59.7 Å². The molecule has 2 rings (SSSR count). The van der Waals surface area contributed by atoms with E-state index in [9.17, 15) is 14.2 Å². The SMILES string of the molecule is COc1ccc(CNC(=O)CO[PH](=O)OCC(=O)NCc2ccc(OC)cc2)cc1. The van der Waals surface area contributed by atoms with Crippen molar-refractivity contribution in [3.8, 4) is 11.5 Å². The smallest absolute Gasteiger partial charge is 0.320 e. The van der Waals surface area contributed by atoms with Gasteiger partial charge in [0.1, 0.15) is 24.7 Å². The average molecular weight is 436 g/mol. The molecule has 0 atom stereocenters. The molecule has 0 fully saturated rings. The molecule has 2 amide bonds. The lowest BCUT2D eigenvalue weighted by Crippen LogP contribution is -2.27. The summed E-state index contributed by atoms with van der Waals surface area (Å²) in [6.45, 7) is -0.272. The largest absolute Gasteiger partial charge is 0.497 e. The Morgan fingerprint density at radius 2 is 1.10 bits per heavy atom. The molecule has 0 aromatic heterocycles. The number of rotatable bonds is 12. The molecule has 30 heavy (non-hydrogen) atoms. The second-order valence-electron chi connectivity index (χ2n) is 6.08. The molecule has 0 aliphatic carbocycles. The van der Waals surface area contributed by atoms with E-state index in [1.165, 1.54) is 0 Å². The van der Waals surface area contributed by atoms with Crippen LogP contribution in [0.15, 0.2) is 48.5 Å². The van der Waals surface area contributed by atoms with Crippen molar-refractivity contribution < 1.29 is 32.7 Å². The summed E-state index contributed by atoms with van der Waals surface area (Å²) in [5.41, 5.74) is 1.75. The van der Waals surface area contributed by atoms with Crippen LogP contribution in [0.3, 0.4) is 0 Å². The van der Waals surface area contributed by atoms with Gasteiger partial charge < -0.3 is 29.2 Å². The summed E-state index contributed by atoms with van der Waals surface area (Å²) in [4.78, 5) is 23.5. The Morgan fingerprint density at radius 1 is 0.733 bits per heavy atom. The first-order valence-corrected chi connectivity index (χ1v) is 10.3. The zero-order valence-electron chi connectivity index (χ0n) is 16.8. The minimum atomic E-state index is -2.97. The van der Waals surface area contributed by atoms with Crippen LogP contribution in [-0.4, -0.2) is 39.2 Å². The summed E-state index contributed by atoms with van der Waals surface area (Å²) >= 11 is 0. The molecule has 0 spiro atoms. The van der Waals surface area contributed by atoms with Gasteiger partial charge in [0.25, 0.3) is 0 Å². The van der Waals surface area contributed by atoms with E-state index in [-0.39, 0.29) is 0 Å². The zero-order chi connectivity index (χ0) is 21.8. The third kappa shape index (κ3) is 8.65. The van der Waals surface area contributed by atoms with Gasteiger partial charge >= 0.3 is 8.25 Å². The topological polar surface area (TPSA) is 112 Å². The van der Waals surface area contributed by atoms with Gasteiger partial charge in [0, 0.05) is 13.1 Å². The van der Waals surface area contributed by atoms with E-state index < -0.39 is 33.3 Å². The van der Waals surface area contributed by atoms with Gasteiger partial charge in [0.05, 0.1) is 14.2 Å². The third-order valence-electron chi connectivity index (χ3n) is 3.94. The van der Waals surface area contributed by atoms with E-state index in [1.54, 1.807) is 38.5 Å². The summed E-state index contributed by atoms with van der Waals surface area (Å²) in [7, 11) is 0.179. The summed E-state index contributed by atoms with van der Waals surface area (Å²) in [6, 6.07) is 14.4. The van der Waals surface area contributed by atoms with Crippen LogP contribution in [0.25, 0.3) is 0 Å². The van der Waals surface area contributed by atoms with E-state index in [0.29, 0.717) is 13.1 Å². The number of amides is 2. The number of hydrogen-bond acceptors (Lipinski definition) is 7. The first kappa shape index (κ1) is 23.4. The van der Waals surface area contributed by atoms with Crippen molar-refractivity contribution in [1.29, 1.82) is 0 Å². The maximum absolute atomic E-state index is 11.8. The second-order valence-corrected chi connectivity index (χ2v) is 7.15. The zero-order valence-corrected chi connectivity index (χ0v) is 17.8. The fourth-order valence-corrected chi connectivity index (χ4v) is 2.86. The highest BCUT2D eigenvalue weighted by atomic mass is 31.1. The van der Waals surface area contributed by atoms with Crippen molar-refractivity contribution in [1.82, 2.24) is 10.6 Å². The summed E-state index contributed by atoms with van der Waals surface area (Å²) in [5.74, 6) is 0.544. The van der Waals surface area contributed by atoms with E-state index in [2.05, 4.69) is 10.6 Å². The molecule has 0 saturated carbocycles. The summed E-state index contributed by atoms with van der Waals surface area (Å²) in [6.07, 6.45) is 0. The highest BCUT2D eigenvalue weighted by molar-refractivity contribution is 7.33. The van der Waals surface area contributed by atoms with Gasteiger partial charge in [-0.15, -0.1) is 0 Å². The first-order chi connectivity index (χ1) is 14.5. The second kappa shape index (κ2) is 12.6. The monoisotopic (exact) mass is 436 g/mol. The van der Waals surface area contributed by atoms with Gasteiger partial charge in [-0.25, -0.2) is 0 Å². The Labute approximate surface area is 175 Å². The highest BCUT2D eigenvalue weighted by Gasteiger charge is 2.09. The number of methoxy groups -OCH3 is 2. The molecule has 2 aromatic carbocycles. The van der Waals surface area contributed by atoms with Crippen LogP contribution >= 0.6 is 8.25 Å². The van der Waals surface area contributed by atoms with E-state index in [4.69, 9.17) is 18.5 Å². The van der Waals surface area contributed by atoms with E-state index in [1.807, 2.05) is 24.3 Å². The predicted molar refractivity (Wildman–Crippen MR) is 111 cm³/mol. The predicted octanol–water partition coefficient (Wildman–Crippen LogP) is 2.06. The van der Waals surface area contributed by atoms with Gasteiger partial charge in [-0.2, -0.15) is 0 Å². The maximum Gasteiger partial charge on any atom is 0.320 e. The molecular weight excluding hydrogens is 411 g/mol. The van der Waals surface area contributed by atoms with Crippen LogP contribution in [0.4, 0.5) is 0 Å². The Kier molecular flexibility index (Phi) is 9.86. The molecule has 10 heteroatoms. The molecule has 0 saturated heterocycles. The van der Waals surface area contributed by atoms with Crippen LogP contribution in [0, 0.1) is 0 Å². The van der Waals surface area contributed by atoms with Crippen LogP contribution in [0.2, 0.25) is 0 Å². The van der Waals surface area contributed by atoms with Gasteiger partial charge in [-0.1, -0.05) is 24.3 Å². The van der Waals surface area contributed by atoms with E-state index >= 15 is 0 Å². The Balaban J connectivity index is 1.58. The lowest BCUT2D eigenvalue weighted by Gasteiger charge is -2.08. The van der Waals surface area contributed by atoms with Gasteiger partial charge in [-0.3, -0.25) is 14.2 Å². The molecule has 2 N–H and O–H groups in total. The fourth-order valence-electron chi connectivity index (χ4n) is 2.28. The molecule has 0 radical (unpaired) electrons. The van der Waals surface area contributed by atoms with Gasteiger partial charge in [-0.05, 0) is 35.4 Å². The number of nitrogens with one attached hydrogen (secondary N) is 2. The first-order valence-electron chi connectivity index (χ1n) is 9.09. The summed E-state index contributed by atoms with van der Waals surface area (Å²) < 4.78 is 31.5. The lowest BCUT2D eigenvalue weighted by atomic mass is 10.2. The standard InChI is InChI=1S/C20H25N2O7P/c1-26-17-7-3-15(4-8-17)11-21-19(23)13-28-30(25)29-14-20(24)22-12-16-5-9-18(27-2)10-6-16/h3-10,30H,11-14H2,1-2H3,(H,21,23)(H,22,24). The average Bonchev–Trinajstić information content (AvgIpc) is 2.79. The summed E-state index contributed by atoms with van der Waals surface area (Å²) in [5, 5.41) is 5.26. The van der Waals surface area contributed by atoms with Crippen LogP contribution < -0.4 is 20.1 Å². The Hall–Kier alpha value is -2.87. The van der Waals surface area contributed by atoms with Crippen LogP contribution in [0.1, 0.15) is 11.1 Å². The Morgan fingerprint density at radius 3 is 1.43 bits per heavy atom. The number of carbonyl (C=O) groups excluding carboxylic acids is 2. The normalized spacial score (nSPS) is 10.5. The number of carbonyl (C=O) groups is 2. The van der Waals surface area contributed by atoms with Crippen molar-refractivity contribution in [2.45, 2.75) is 13.1 Å². The molecule has 0 aliphatic rings.